The number of rotatable bonds is 7. The van der Waals surface area contributed by atoms with Crippen LogP contribution in [0.4, 0.5) is 0 Å². The van der Waals surface area contributed by atoms with Gasteiger partial charge in [0.15, 0.2) is 0 Å². The molecule has 0 spiro atoms. The molecule has 3 nitrogen and oxygen atoms in total. The molecule has 1 amide bonds. The molecule has 0 aliphatic heterocycles. The van der Waals surface area contributed by atoms with E-state index >= 15 is 0 Å². The van der Waals surface area contributed by atoms with E-state index in [9.17, 15) is 4.79 Å². The van der Waals surface area contributed by atoms with Crippen LogP contribution in [0.5, 0.6) is 0 Å². The van der Waals surface area contributed by atoms with Crippen LogP contribution in [0.3, 0.4) is 0 Å². The Morgan fingerprint density at radius 3 is 2.63 bits per heavy atom. The van der Waals surface area contributed by atoms with E-state index in [-0.39, 0.29) is 17.9 Å². The summed E-state index contributed by atoms with van der Waals surface area (Å²) in [6, 6.07) is 15.2. The van der Waals surface area contributed by atoms with Crippen LogP contribution >= 0.6 is 0 Å². The number of H-pyrrole nitrogens is 1. The number of carbonyl (C=O) groups is 1. The molecule has 3 heteroatoms. The number of hydrogen-bond acceptors (Lipinski definition) is 1. The second kappa shape index (κ2) is 8.43. The van der Waals surface area contributed by atoms with E-state index in [1.54, 1.807) is 0 Å². The molecule has 1 aromatic heterocycles. The highest BCUT2D eigenvalue weighted by atomic mass is 16.1. The van der Waals surface area contributed by atoms with Crippen molar-refractivity contribution >= 4 is 16.8 Å². The predicted molar refractivity (Wildman–Crippen MR) is 113 cm³/mol. The molecule has 2 N–H and O–H groups in total. The Morgan fingerprint density at radius 1 is 1.15 bits per heavy atom. The molecule has 27 heavy (non-hydrogen) atoms. The fourth-order valence-corrected chi connectivity index (χ4v) is 3.74. The first-order chi connectivity index (χ1) is 13.0. The highest BCUT2D eigenvalue weighted by molar-refractivity contribution is 5.88. The lowest BCUT2D eigenvalue weighted by Crippen LogP contribution is -2.33. The highest BCUT2D eigenvalue weighted by Crippen LogP contribution is 2.35. The molecule has 1 heterocycles. The molecule has 0 saturated carbocycles. The standard InChI is InChI=1S/C24H30N2O/c1-5-17(4)26-23(27)14-21(19-11-7-9-16(3)13-19)22-15-25-24-18(6-2)10-8-12-20(22)24/h7-13,15,17,21,25H,5-6,14H2,1-4H3,(H,26,27)/t17-,21+/m0/s1. The van der Waals surface area contributed by atoms with Gasteiger partial charge in [0.25, 0.3) is 0 Å². The zero-order valence-corrected chi connectivity index (χ0v) is 16.8. The molecule has 0 unspecified atom stereocenters. The van der Waals surface area contributed by atoms with Crippen molar-refractivity contribution in [3.63, 3.8) is 0 Å². The van der Waals surface area contributed by atoms with Crippen molar-refractivity contribution in [1.29, 1.82) is 0 Å². The molecule has 142 valence electrons. The third-order valence-corrected chi connectivity index (χ3v) is 5.44. The molecule has 0 saturated heterocycles. The Bertz CT molecular complexity index is 925. The quantitative estimate of drug-likeness (QED) is 0.575. The van der Waals surface area contributed by atoms with E-state index in [0.717, 1.165) is 12.8 Å². The zero-order valence-electron chi connectivity index (χ0n) is 16.8. The van der Waals surface area contributed by atoms with Gasteiger partial charge < -0.3 is 10.3 Å². The van der Waals surface area contributed by atoms with Gasteiger partial charge in [0.1, 0.15) is 0 Å². The minimum Gasteiger partial charge on any atom is -0.361 e. The van der Waals surface area contributed by atoms with Gasteiger partial charge in [0.2, 0.25) is 5.91 Å². The molecule has 3 rings (SSSR count). The van der Waals surface area contributed by atoms with Crippen LogP contribution < -0.4 is 5.32 Å². The van der Waals surface area contributed by atoms with Crippen molar-refractivity contribution in [2.75, 3.05) is 0 Å². The van der Waals surface area contributed by atoms with Crippen LogP contribution in [-0.4, -0.2) is 16.9 Å². The molecular weight excluding hydrogens is 332 g/mol. The van der Waals surface area contributed by atoms with Crippen LogP contribution in [0.15, 0.2) is 48.7 Å². The summed E-state index contributed by atoms with van der Waals surface area (Å²) in [5.74, 6) is 0.145. The molecular formula is C24H30N2O. The summed E-state index contributed by atoms with van der Waals surface area (Å²) in [5, 5.41) is 4.35. The molecule has 0 aliphatic rings. The molecule has 2 aromatic carbocycles. The summed E-state index contributed by atoms with van der Waals surface area (Å²) in [4.78, 5) is 16.2. The average molecular weight is 363 g/mol. The lowest BCUT2D eigenvalue weighted by molar-refractivity contribution is -0.121. The Hall–Kier alpha value is -2.55. The van der Waals surface area contributed by atoms with Crippen molar-refractivity contribution in [2.24, 2.45) is 0 Å². The lowest BCUT2D eigenvalue weighted by Gasteiger charge is -2.19. The number of aromatic nitrogens is 1. The van der Waals surface area contributed by atoms with Crippen LogP contribution in [0.2, 0.25) is 0 Å². The van der Waals surface area contributed by atoms with Crippen molar-refractivity contribution in [3.8, 4) is 0 Å². The van der Waals surface area contributed by atoms with Gasteiger partial charge >= 0.3 is 0 Å². The number of aryl methyl sites for hydroxylation is 2. The minimum atomic E-state index is 0.0369. The van der Waals surface area contributed by atoms with Gasteiger partial charge in [-0.15, -0.1) is 0 Å². The number of benzene rings is 2. The SMILES string of the molecule is CCc1cccc2c([C@H](CC(=O)N[C@@H](C)CC)c3cccc(C)c3)c[nH]c12. The fourth-order valence-electron chi connectivity index (χ4n) is 3.74. The van der Waals surface area contributed by atoms with E-state index < -0.39 is 0 Å². The topological polar surface area (TPSA) is 44.9 Å². The normalized spacial score (nSPS) is 13.5. The third kappa shape index (κ3) is 4.24. The Kier molecular flexibility index (Phi) is 6.00. The average Bonchev–Trinajstić information content (AvgIpc) is 3.09. The van der Waals surface area contributed by atoms with Crippen LogP contribution in [-0.2, 0) is 11.2 Å². The van der Waals surface area contributed by atoms with Gasteiger partial charge in [-0.1, -0.05) is 61.9 Å². The maximum atomic E-state index is 12.7. The van der Waals surface area contributed by atoms with E-state index in [1.807, 2.05) is 0 Å². The van der Waals surface area contributed by atoms with Crippen LogP contribution in [0.1, 0.15) is 61.8 Å². The van der Waals surface area contributed by atoms with Gasteiger partial charge in [-0.2, -0.15) is 0 Å². The second-order valence-corrected chi connectivity index (χ2v) is 7.48. The molecule has 0 aliphatic carbocycles. The van der Waals surface area contributed by atoms with E-state index in [0.29, 0.717) is 6.42 Å². The molecule has 0 bridgehead atoms. The fraction of sp³-hybridized carbons (Fsp3) is 0.375. The number of nitrogens with one attached hydrogen (secondary N) is 2. The smallest absolute Gasteiger partial charge is 0.221 e. The number of para-hydroxylation sites is 1. The lowest BCUT2D eigenvalue weighted by atomic mass is 9.87. The van der Waals surface area contributed by atoms with Crippen LogP contribution in [0, 0.1) is 6.92 Å². The van der Waals surface area contributed by atoms with Crippen molar-refractivity contribution in [3.05, 3.63) is 70.9 Å². The maximum Gasteiger partial charge on any atom is 0.221 e. The first-order valence-electron chi connectivity index (χ1n) is 9.98. The first kappa shape index (κ1) is 19.2. The highest BCUT2D eigenvalue weighted by Gasteiger charge is 2.22. The van der Waals surface area contributed by atoms with E-state index in [1.165, 1.54) is 33.2 Å². The van der Waals surface area contributed by atoms with E-state index in [2.05, 4.69) is 86.7 Å². The van der Waals surface area contributed by atoms with Gasteiger partial charge in [-0.25, -0.2) is 0 Å². The van der Waals surface area contributed by atoms with Crippen molar-refractivity contribution in [1.82, 2.24) is 10.3 Å². The number of carbonyl (C=O) groups excluding carboxylic acids is 1. The molecule has 0 fully saturated rings. The Balaban J connectivity index is 2.03. The number of fused-ring (bicyclic) bond motifs is 1. The molecule has 3 aromatic rings. The largest absolute Gasteiger partial charge is 0.361 e. The summed E-state index contributed by atoms with van der Waals surface area (Å²) in [6.45, 7) is 8.42. The monoisotopic (exact) mass is 362 g/mol. The number of amides is 1. The summed E-state index contributed by atoms with van der Waals surface area (Å²) in [5.41, 5.74) is 6.11. The predicted octanol–water partition coefficient (Wildman–Crippen LogP) is 5.48. The van der Waals surface area contributed by atoms with Gasteiger partial charge in [-0.3, -0.25) is 4.79 Å². The Morgan fingerprint density at radius 2 is 1.93 bits per heavy atom. The third-order valence-electron chi connectivity index (χ3n) is 5.44. The van der Waals surface area contributed by atoms with Gasteiger partial charge in [0, 0.05) is 35.5 Å². The van der Waals surface area contributed by atoms with E-state index in [4.69, 9.17) is 0 Å². The van der Waals surface area contributed by atoms with Gasteiger partial charge in [-0.05, 0) is 43.4 Å². The zero-order chi connectivity index (χ0) is 19.4. The Labute approximate surface area is 162 Å². The molecule has 2 atom stereocenters. The van der Waals surface area contributed by atoms with Crippen molar-refractivity contribution in [2.45, 2.75) is 58.9 Å². The number of hydrogen-bond donors (Lipinski definition) is 2. The van der Waals surface area contributed by atoms with Gasteiger partial charge in [0.05, 0.1) is 0 Å². The summed E-state index contributed by atoms with van der Waals surface area (Å²) >= 11 is 0. The second-order valence-electron chi connectivity index (χ2n) is 7.48. The first-order valence-corrected chi connectivity index (χ1v) is 9.98. The number of aromatic amines is 1. The summed E-state index contributed by atoms with van der Waals surface area (Å²) < 4.78 is 0. The van der Waals surface area contributed by atoms with Crippen LogP contribution in [0.25, 0.3) is 10.9 Å². The minimum absolute atomic E-state index is 0.0369. The maximum absolute atomic E-state index is 12.7. The van der Waals surface area contributed by atoms with Crippen molar-refractivity contribution < 1.29 is 4.79 Å². The molecule has 0 radical (unpaired) electrons. The summed E-state index contributed by atoms with van der Waals surface area (Å²) in [7, 11) is 0. The summed E-state index contributed by atoms with van der Waals surface area (Å²) in [6.07, 6.45) is 4.47.